The normalized spacial score (nSPS) is 22.0. The number of fused-ring (bicyclic) bond motifs is 1. The summed E-state index contributed by atoms with van der Waals surface area (Å²) in [4.78, 5) is 9.07. The highest BCUT2D eigenvalue weighted by molar-refractivity contribution is 14.0. The van der Waals surface area contributed by atoms with Crippen molar-refractivity contribution in [2.45, 2.75) is 26.0 Å². The maximum Gasteiger partial charge on any atom is 0.191 e. The molecule has 0 amide bonds. The largest absolute Gasteiger partial charge is 0.375 e. The van der Waals surface area contributed by atoms with E-state index < -0.39 is 0 Å². The monoisotopic (exact) mass is 464 g/mol. The third kappa shape index (κ3) is 4.97. The van der Waals surface area contributed by atoms with Crippen LogP contribution >= 0.6 is 35.6 Å². The molecule has 24 heavy (non-hydrogen) atoms. The zero-order valence-corrected chi connectivity index (χ0v) is 17.2. The Kier molecular flexibility index (Phi) is 7.59. The Balaban J connectivity index is 0.00000208. The van der Waals surface area contributed by atoms with E-state index in [1.54, 1.807) is 0 Å². The molecule has 2 aliphatic rings. The summed E-state index contributed by atoms with van der Waals surface area (Å²) in [6, 6.07) is 6.17. The van der Waals surface area contributed by atoms with E-state index >= 15 is 0 Å². The molecule has 134 valence electrons. The summed E-state index contributed by atoms with van der Waals surface area (Å²) < 4.78 is 5.53. The van der Waals surface area contributed by atoms with Crippen molar-refractivity contribution in [2.24, 2.45) is 10.7 Å². The SMILES string of the molecule is CC1CN(C(N)=NCCN2CCc3c(Cl)cccc3C2)CCO1.I. The van der Waals surface area contributed by atoms with Gasteiger partial charge in [0.1, 0.15) is 0 Å². The average molecular weight is 465 g/mol. The lowest BCUT2D eigenvalue weighted by atomic mass is 10.00. The second kappa shape index (κ2) is 9.22. The molecule has 7 heteroatoms. The molecule has 1 saturated heterocycles. The van der Waals surface area contributed by atoms with E-state index in [0.717, 1.165) is 57.3 Å². The molecule has 0 aromatic heterocycles. The molecule has 0 bridgehead atoms. The second-order valence-corrected chi connectivity index (χ2v) is 6.68. The number of hydrogen-bond acceptors (Lipinski definition) is 3. The Morgan fingerprint density at radius 3 is 3.04 bits per heavy atom. The quantitative estimate of drug-likeness (QED) is 0.424. The molecular formula is C17H26ClIN4O. The highest BCUT2D eigenvalue weighted by Crippen LogP contribution is 2.25. The van der Waals surface area contributed by atoms with Gasteiger partial charge in [-0.1, -0.05) is 23.7 Å². The minimum atomic E-state index is 0. The van der Waals surface area contributed by atoms with Crippen LogP contribution < -0.4 is 5.73 Å². The molecule has 0 aliphatic carbocycles. The number of rotatable bonds is 3. The van der Waals surface area contributed by atoms with Crippen molar-refractivity contribution < 1.29 is 4.74 Å². The molecule has 1 aromatic rings. The summed E-state index contributed by atoms with van der Waals surface area (Å²) in [6.07, 6.45) is 1.23. The molecular weight excluding hydrogens is 439 g/mol. The van der Waals surface area contributed by atoms with Crippen LogP contribution in [0.2, 0.25) is 5.02 Å². The van der Waals surface area contributed by atoms with Crippen LogP contribution in [0.25, 0.3) is 0 Å². The lowest BCUT2D eigenvalue weighted by Crippen LogP contribution is -2.48. The lowest BCUT2D eigenvalue weighted by molar-refractivity contribution is 0.00528. The number of nitrogens with zero attached hydrogens (tertiary/aromatic N) is 3. The Morgan fingerprint density at radius 1 is 1.42 bits per heavy atom. The van der Waals surface area contributed by atoms with Crippen LogP contribution in [0, 0.1) is 0 Å². The first-order valence-corrected chi connectivity index (χ1v) is 8.66. The van der Waals surface area contributed by atoms with Crippen LogP contribution in [0.3, 0.4) is 0 Å². The smallest absolute Gasteiger partial charge is 0.191 e. The van der Waals surface area contributed by atoms with Gasteiger partial charge in [-0.15, -0.1) is 24.0 Å². The Hall–Kier alpha value is -0.570. The average Bonchev–Trinajstić information content (AvgIpc) is 2.55. The van der Waals surface area contributed by atoms with Gasteiger partial charge in [0.05, 0.1) is 19.3 Å². The molecule has 2 heterocycles. The fourth-order valence-corrected chi connectivity index (χ4v) is 3.53. The van der Waals surface area contributed by atoms with Gasteiger partial charge in [-0.3, -0.25) is 9.89 Å². The molecule has 0 spiro atoms. The van der Waals surface area contributed by atoms with Gasteiger partial charge in [-0.2, -0.15) is 0 Å². The van der Waals surface area contributed by atoms with Crippen molar-refractivity contribution in [3.8, 4) is 0 Å². The number of aliphatic imine (C=N–C) groups is 1. The second-order valence-electron chi connectivity index (χ2n) is 6.27. The van der Waals surface area contributed by atoms with Crippen molar-refractivity contribution in [1.29, 1.82) is 0 Å². The zero-order chi connectivity index (χ0) is 16.2. The third-order valence-electron chi connectivity index (χ3n) is 4.54. The molecule has 3 rings (SSSR count). The first-order chi connectivity index (χ1) is 11.1. The molecule has 2 N–H and O–H groups in total. The van der Waals surface area contributed by atoms with E-state index in [1.165, 1.54) is 11.1 Å². The Labute approximate surface area is 166 Å². The molecule has 0 saturated carbocycles. The first-order valence-electron chi connectivity index (χ1n) is 8.28. The molecule has 1 atom stereocenters. The summed E-state index contributed by atoms with van der Waals surface area (Å²) in [7, 11) is 0. The fraction of sp³-hybridized carbons (Fsp3) is 0.588. The summed E-state index contributed by atoms with van der Waals surface area (Å²) in [5.41, 5.74) is 8.74. The van der Waals surface area contributed by atoms with Gasteiger partial charge in [0, 0.05) is 37.7 Å². The summed E-state index contributed by atoms with van der Waals surface area (Å²) >= 11 is 6.26. The topological polar surface area (TPSA) is 54.1 Å². The van der Waals surface area contributed by atoms with Crippen LogP contribution in [-0.4, -0.2) is 61.2 Å². The van der Waals surface area contributed by atoms with Crippen molar-refractivity contribution in [3.63, 3.8) is 0 Å². The van der Waals surface area contributed by atoms with Gasteiger partial charge in [0.15, 0.2) is 5.96 Å². The van der Waals surface area contributed by atoms with Gasteiger partial charge in [-0.05, 0) is 30.5 Å². The van der Waals surface area contributed by atoms with Crippen LogP contribution in [-0.2, 0) is 17.7 Å². The maximum atomic E-state index is 6.26. The van der Waals surface area contributed by atoms with E-state index in [-0.39, 0.29) is 30.1 Å². The first kappa shape index (κ1) is 19.8. The molecule has 1 fully saturated rings. The highest BCUT2D eigenvalue weighted by atomic mass is 127. The molecule has 1 aromatic carbocycles. The van der Waals surface area contributed by atoms with E-state index in [2.05, 4.69) is 27.8 Å². The summed E-state index contributed by atoms with van der Waals surface area (Å²) in [5, 5.41) is 0.894. The van der Waals surface area contributed by atoms with E-state index in [0.29, 0.717) is 5.96 Å². The molecule has 1 unspecified atom stereocenters. The number of benzene rings is 1. The fourth-order valence-electron chi connectivity index (χ4n) is 3.24. The number of nitrogens with two attached hydrogens (primary N) is 1. The Morgan fingerprint density at radius 2 is 2.25 bits per heavy atom. The van der Waals surface area contributed by atoms with E-state index in [1.807, 2.05) is 12.1 Å². The van der Waals surface area contributed by atoms with Crippen molar-refractivity contribution in [3.05, 3.63) is 34.3 Å². The van der Waals surface area contributed by atoms with E-state index in [9.17, 15) is 0 Å². The van der Waals surface area contributed by atoms with Crippen LogP contribution in [0.4, 0.5) is 0 Å². The minimum absolute atomic E-state index is 0. The predicted octanol–water partition coefficient (Wildman–Crippen LogP) is 2.35. The number of halogens is 2. The van der Waals surface area contributed by atoms with Gasteiger partial charge in [-0.25, -0.2) is 0 Å². The number of morpholine rings is 1. The van der Waals surface area contributed by atoms with Crippen LogP contribution in [0.15, 0.2) is 23.2 Å². The summed E-state index contributed by atoms with van der Waals surface area (Å²) in [5.74, 6) is 0.639. The molecule has 2 aliphatic heterocycles. The molecule has 5 nitrogen and oxygen atoms in total. The van der Waals surface area contributed by atoms with Crippen LogP contribution in [0.5, 0.6) is 0 Å². The maximum absolute atomic E-state index is 6.26. The standard InChI is InChI=1S/C17H25ClN4O.HI/c1-13-11-22(9-10-23-13)17(19)20-6-8-21-7-5-15-14(12-21)3-2-4-16(15)18;/h2-4,13H,5-12H2,1H3,(H2,19,20);1H. The molecule has 0 radical (unpaired) electrons. The number of hydrogen-bond donors (Lipinski definition) is 1. The summed E-state index contributed by atoms with van der Waals surface area (Å²) in [6.45, 7) is 8.07. The van der Waals surface area contributed by atoms with Gasteiger partial charge in [0.25, 0.3) is 0 Å². The lowest BCUT2D eigenvalue weighted by Gasteiger charge is -2.32. The minimum Gasteiger partial charge on any atom is -0.375 e. The Bertz CT molecular complexity index is 584. The van der Waals surface area contributed by atoms with Crippen LogP contribution in [0.1, 0.15) is 18.1 Å². The predicted molar refractivity (Wildman–Crippen MR) is 109 cm³/mol. The van der Waals surface area contributed by atoms with Gasteiger partial charge < -0.3 is 15.4 Å². The number of guanidine groups is 1. The van der Waals surface area contributed by atoms with E-state index in [4.69, 9.17) is 22.1 Å². The van der Waals surface area contributed by atoms with Crippen molar-refractivity contribution in [2.75, 3.05) is 39.3 Å². The van der Waals surface area contributed by atoms with Gasteiger partial charge in [0.2, 0.25) is 0 Å². The zero-order valence-electron chi connectivity index (χ0n) is 14.1. The number of ether oxygens (including phenoxy) is 1. The third-order valence-corrected chi connectivity index (χ3v) is 4.90. The highest BCUT2D eigenvalue weighted by Gasteiger charge is 2.19. The van der Waals surface area contributed by atoms with Gasteiger partial charge >= 0.3 is 0 Å². The van der Waals surface area contributed by atoms with Crippen molar-refractivity contribution >= 4 is 41.5 Å². The van der Waals surface area contributed by atoms with Crippen molar-refractivity contribution in [1.82, 2.24) is 9.80 Å².